The lowest BCUT2D eigenvalue weighted by Crippen LogP contribution is -2.52. The summed E-state index contributed by atoms with van der Waals surface area (Å²) in [6.07, 6.45) is 2.91. The molecule has 2 fully saturated rings. The first kappa shape index (κ1) is 13.5. The standard InChI is InChI=1S/C15H18N4O3/c1-22-15(21)9-6-19(7-9)13-10-4-5-16-14(20)11(10)17-12(18-13)8-2-3-8/h8-9H,2-7H2,1H3,(H,16,20). The maximum absolute atomic E-state index is 12.1. The zero-order valence-electron chi connectivity index (χ0n) is 12.5. The molecule has 0 spiro atoms. The number of nitrogens with one attached hydrogen (secondary N) is 1. The zero-order valence-corrected chi connectivity index (χ0v) is 12.5. The Balaban J connectivity index is 1.66. The number of aromatic nitrogens is 2. The number of esters is 1. The van der Waals surface area contributed by atoms with E-state index in [4.69, 9.17) is 9.72 Å². The highest BCUT2D eigenvalue weighted by Gasteiger charge is 2.38. The van der Waals surface area contributed by atoms with Gasteiger partial charge in [0.15, 0.2) is 0 Å². The summed E-state index contributed by atoms with van der Waals surface area (Å²) in [5, 5.41) is 2.84. The van der Waals surface area contributed by atoms with Gasteiger partial charge in [-0.3, -0.25) is 9.59 Å². The summed E-state index contributed by atoms with van der Waals surface area (Å²) >= 11 is 0. The molecule has 0 bridgehead atoms. The largest absolute Gasteiger partial charge is 0.469 e. The molecule has 1 aliphatic carbocycles. The van der Waals surface area contributed by atoms with Crippen molar-refractivity contribution in [3.05, 3.63) is 17.1 Å². The molecule has 0 atom stereocenters. The SMILES string of the molecule is COC(=O)C1CN(c2nc(C3CC3)nc3c2CCNC3=O)C1. The van der Waals surface area contributed by atoms with Crippen LogP contribution < -0.4 is 10.2 Å². The van der Waals surface area contributed by atoms with E-state index in [-0.39, 0.29) is 17.8 Å². The summed E-state index contributed by atoms with van der Waals surface area (Å²) in [5.41, 5.74) is 1.43. The first-order valence-electron chi connectivity index (χ1n) is 7.69. The van der Waals surface area contributed by atoms with Crippen molar-refractivity contribution in [1.82, 2.24) is 15.3 Å². The minimum absolute atomic E-state index is 0.0996. The van der Waals surface area contributed by atoms with Crippen LogP contribution >= 0.6 is 0 Å². The molecule has 7 heteroatoms. The van der Waals surface area contributed by atoms with Crippen LogP contribution in [0.3, 0.4) is 0 Å². The average Bonchev–Trinajstić information content (AvgIpc) is 3.30. The summed E-state index contributed by atoms with van der Waals surface area (Å²) in [6.45, 7) is 1.81. The van der Waals surface area contributed by atoms with Crippen molar-refractivity contribution < 1.29 is 14.3 Å². The number of anilines is 1. The Morgan fingerprint density at radius 3 is 2.77 bits per heavy atom. The van der Waals surface area contributed by atoms with Gasteiger partial charge in [0.05, 0.1) is 13.0 Å². The van der Waals surface area contributed by atoms with Crippen LogP contribution in [0.1, 0.15) is 40.6 Å². The van der Waals surface area contributed by atoms with Crippen LogP contribution in [0, 0.1) is 5.92 Å². The second-order valence-corrected chi connectivity index (χ2v) is 6.14. The lowest BCUT2D eigenvalue weighted by Gasteiger charge is -2.40. The monoisotopic (exact) mass is 302 g/mol. The van der Waals surface area contributed by atoms with Gasteiger partial charge in [0, 0.05) is 31.1 Å². The fraction of sp³-hybridized carbons (Fsp3) is 0.600. The summed E-state index contributed by atoms with van der Waals surface area (Å²) in [4.78, 5) is 34.9. The van der Waals surface area contributed by atoms with Crippen molar-refractivity contribution >= 4 is 17.7 Å². The lowest BCUT2D eigenvalue weighted by molar-refractivity contribution is -0.146. The quantitative estimate of drug-likeness (QED) is 0.806. The van der Waals surface area contributed by atoms with Crippen LogP contribution in [-0.4, -0.2) is 48.6 Å². The lowest BCUT2D eigenvalue weighted by atomic mass is 9.97. The number of rotatable bonds is 3. The normalized spacial score (nSPS) is 21.0. The van der Waals surface area contributed by atoms with Crippen LogP contribution in [-0.2, 0) is 16.0 Å². The van der Waals surface area contributed by atoms with Gasteiger partial charge in [-0.2, -0.15) is 0 Å². The number of carbonyl (C=O) groups is 2. The molecule has 4 rings (SSSR count). The third-order valence-corrected chi connectivity index (χ3v) is 4.54. The van der Waals surface area contributed by atoms with Crippen LogP contribution in [0.25, 0.3) is 0 Å². The van der Waals surface area contributed by atoms with Crippen molar-refractivity contribution in [3.8, 4) is 0 Å². The van der Waals surface area contributed by atoms with Gasteiger partial charge in [0.2, 0.25) is 0 Å². The maximum Gasteiger partial charge on any atom is 0.312 e. The Morgan fingerprint density at radius 1 is 1.32 bits per heavy atom. The molecule has 1 saturated carbocycles. The van der Waals surface area contributed by atoms with E-state index in [2.05, 4.69) is 15.2 Å². The molecule has 116 valence electrons. The molecular formula is C15H18N4O3. The third-order valence-electron chi connectivity index (χ3n) is 4.54. The van der Waals surface area contributed by atoms with E-state index in [0.717, 1.165) is 36.5 Å². The highest BCUT2D eigenvalue weighted by molar-refractivity contribution is 5.96. The second-order valence-electron chi connectivity index (χ2n) is 6.14. The minimum atomic E-state index is -0.181. The number of methoxy groups -OCH3 is 1. The maximum atomic E-state index is 12.1. The minimum Gasteiger partial charge on any atom is -0.469 e. The Hall–Kier alpha value is -2.18. The molecule has 0 radical (unpaired) electrons. The van der Waals surface area contributed by atoms with E-state index in [0.29, 0.717) is 31.2 Å². The Bertz CT molecular complexity index is 650. The Kier molecular flexibility index (Phi) is 3.02. The molecule has 1 amide bonds. The summed E-state index contributed by atoms with van der Waals surface area (Å²) < 4.78 is 4.78. The second kappa shape index (κ2) is 4.93. The molecule has 1 saturated heterocycles. The summed E-state index contributed by atoms with van der Waals surface area (Å²) in [5.74, 6) is 1.60. The molecule has 3 aliphatic rings. The summed E-state index contributed by atoms with van der Waals surface area (Å²) in [6, 6.07) is 0. The van der Waals surface area contributed by atoms with E-state index >= 15 is 0 Å². The van der Waals surface area contributed by atoms with Crippen molar-refractivity contribution in [1.29, 1.82) is 0 Å². The first-order chi connectivity index (χ1) is 10.7. The molecule has 1 aromatic heterocycles. The van der Waals surface area contributed by atoms with Crippen LogP contribution in [0.4, 0.5) is 5.82 Å². The van der Waals surface area contributed by atoms with Gasteiger partial charge in [0.25, 0.3) is 5.91 Å². The van der Waals surface area contributed by atoms with E-state index in [1.807, 2.05) is 0 Å². The van der Waals surface area contributed by atoms with Gasteiger partial charge in [-0.1, -0.05) is 0 Å². The van der Waals surface area contributed by atoms with Crippen molar-refractivity contribution in [2.75, 3.05) is 31.6 Å². The highest BCUT2D eigenvalue weighted by atomic mass is 16.5. The number of hydrogen-bond acceptors (Lipinski definition) is 6. The number of fused-ring (bicyclic) bond motifs is 1. The topological polar surface area (TPSA) is 84.4 Å². The van der Waals surface area contributed by atoms with Crippen LogP contribution in [0.2, 0.25) is 0 Å². The average molecular weight is 302 g/mol. The number of nitrogens with zero attached hydrogens (tertiary/aromatic N) is 3. The zero-order chi connectivity index (χ0) is 15.3. The Morgan fingerprint density at radius 2 is 2.09 bits per heavy atom. The smallest absolute Gasteiger partial charge is 0.312 e. The summed E-state index contributed by atoms with van der Waals surface area (Å²) in [7, 11) is 1.41. The van der Waals surface area contributed by atoms with Crippen molar-refractivity contribution in [2.24, 2.45) is 5.92 Å². The van der Waals surface area contributed by atoms with Gasteiger partial charge in [-0.15, -0.1) is 0 Å². The number of hydrogen-bond donors (Lipinski definition) is 1. The number of carbonyl (C=O) groups excluding carboxylic acids is 2. The fourth-order valence-electron chi connectivity index (χ4n) is 3.04. The molecule has 1 aromatic rings. The van der Waals surface area contributed by atoms with Crippen molar-refractivity contribution in [3.63, 3.8) is 0 Å². The number of ether oxygens (including phenoxy) is 1. The number of amides is 1. The van der Waals surface area contributed by atoms with Crippen LogP contribution in [0.15, 0.2) is 0 Å². The molecule has 0 aromatic carbocycles. The predicted molar refractivity (Wildman–Crippen MR) is 77.8 cm³/mol. The molecule has 1 N–H and O–H groups in total. The molecule has 22 heavy (non-hydrogen) atoms. The van der Waals surface area contributed by atoms with Crippen molar-refractivity contribution in [2.45, 2.75) is 25.2 Å². The van der Waals surface area contributed by atoms with E-state index in [9.17, 15) is 9.59 Å². The van der Waals surface area contributed by atoms with Gasteiger partial charge < -0.3 is 15.0 Å². The molecule has 3 heterocycles. The van der Waals surface area contributed by atoms with E-state index in [1.54, 1.807) is 0 Å². The first-order valence-corrected chi connectivity index (χ1v) is 7.69. The molecule has 0 unspecified atom stereocenters. The van der Waals surface area contributed by atoms with Gasteiger partial charge in [-0.05, 0) is 19.3 Å². The molecular weight excluding hydrogens is 284 g/mol. The van der Waals surface area contributed by atoms with Crippen LogP contribution in [0.5, 0.6) is 0 Å². The van der Waals surface area contributed by atoms with Gasteiger partial charge in [-0.25, -0.2) is 9.97 Å². The molecule has 7 nitrogen and oxygen atoms in total. The predicted octanol–water partition coefficient (Wildman–Crippen LogP) is 0.249. The highest BCUT2D eigenvalue weighted by Crippen LogP contribution is 2.40. The van der Waals surface area contributed by atoms with E-state index < -0.39 is 0 Å². The van der Waals surface area contributed by atoms with E-state index in [1.165, 1.54) is 7.11 Å². The third kappa shape index (κ3) is 2.12. The van der Waals surface area contributed by atoms with Gasteiger partial charge in [0.1, 0.15) is 17.3 Å². The fourth-order valence-corrected chi connectivity index (χ4v) is 3.04. The molecule has 2 aliphatic heterocycles. The van der Waals surface area contributed by atoms with Gasteiger partial charge >= 0.3 is 5.97 Å². The Labute approximate surface area is 128 Å².